The van der Waals surface area contributed by atoms with Crippen LogP contribution in [0.3, 0.4) is 0 Å². The van der Waals surface area contributed by atoms with E-state index in [1.54, 1.807) is 6.07 Å². The van der Waals surface area contributed by atoms with E-state index < -0.39 is 0 Å². The summed E-state index contributed by atoms with van der Waals surface area (Å²) in [5.74, 6) is 0.621. The Morgan fingerprint density at radius 1 is 1.47 bits per heavy atom. The summed E-state index contributed by atoms with van der Waals surface area (Å²) in [6, 6.07) is 5.16. The van der Waals surface area contributed by atoms with Gasteiger partial charge in [-0.2, -0.15) is 0 Å². The third-order valence-corrected chi connectivity index (χ3v) is 3.38. The van der Waals surface area contributed by atoms with Crippen LogP contribution >= 0.6 is 0 Å². The van der Waals surface area contributed by atoms with E-state index in [0.29, 0.717) is 12.3 Å². The molecule has 1 unspecified atom stereocenters. The first-order chi connectivity index (χ1) is 9.22. The molecule has 19 heavy (non-hydrogen) atoms. The van der Waals surface area contributed by atoms with Gasteiger partial charge in [0.25, 0.3) is 0 Å². The zero-order chi connectivity index (χ0) is 13.7. The standard InChI is InChI=1S/C14H20N2O3/c1-19-12-7-4-5-10(13(12)17)9-16-11-6-2-3-8-15-14(11)18/h4-5,7,11,16-17H,2-3,6,8-9H2,1H3,(H,15,18). The highest BCUT2D eigenvalue weighted by Crippen LogP contribution is 2.29. The van der Waals surface area contributed by atoms with Crippen molar-refractivity contribution in [2.75, 3.05) is 13.7 Å². The second-order valence-corrected chi connectivity index (χ2v) is 4.69. The van der Waals surface area contributed by atoms with E-state index in [9.17, 15) is 9.90 Å². The number of phenols is 1. The number of para-hydroxylation sites is 1. The Morgan fingerprint density at radius 3 is 3.11 bits per heavy atom. The number of hydrogen-bond donors (Lipinski definition) is 3. The molecule has 1 amide bonds. The average Bonchev–Trinajstić information content (AvgIpc) is 2.62. The molecule has 1 aromatic rings. The number of nitrogens with one attached hydrogen (secondary N) is 2. The highest BCUT2D eigenvalue weighted by molar-refractivity contribution is 5.81. The van der Waals surface area contributed by atoms with Crippen LogP contribution in [0.5, 0.6) is 11.5 Å². The van der Waals surface area contributed by atoms with Crippen molar-refractivity contribution in [3.05, 3.63) is 23.8 Å². The minimum absolute atomic E-state index is 0.0416. The number of amides is 1. The van der Waals surface area contributed by atoms with Gasteiger partial charge in [-0.15, -0.1) is 0 Å². The van der Waals surface area contributed by atoms with Gasteiger partial charge in [0.05, 0.1) is 13.2 Å². The number of rotatable bonds is 4. The van der Waals surface area contributed by atoms with E-state index in [0.717, 1.165) is 31.4 Å². The van der Waals surface area contributed by atoms with Gasteiger partial charge < -0.3 is 20.5 Å². The van der Waals surface area contributed by atoms with Gasteiger partial charge in [-0.3, -0.25) is 4.79 Å². The Balaban J connectivity index is 1.99. The molecule has 0 spiro atoms. The summed E-state index contributed by atoms with van der Waals surface area (Å²) in [5, 5.41) is 16.0. The first-order valence-corrected chi connectivity index (χ1v) is 6.58. The van der Waals surface area contributed by atoms with Crippen molar-refractivity contribution in [3.8, 4) is 11.5 Å². The summed E-state index contributed by atoms with van der Waals surface area (Å²) in [6.45, 7) is 1.20. The lowest BCUT2D eigenvalue weighted by Crippen LogP contribution is -2.42. The summed E-state index contributed by atoms with van der Waals surface area (Å²) in [4.78, 5) is 11.8. The Hall–Kier alpha value is -1.75. The molecule has 0 radical (unpaired) electrons. The SMILES string of the molecule is COc1cccc(CNC2CCCCNC2=O)c1O. The molecule has 0 saturated carbocycles. The van der Waals surface area contributed by atoms with Gasteiger partial charge in [0.2, 0.25) is 5.91 Å². The number of hydrogen-bond acceptors (Lipinski definition) is 4. The maximum atomic E-state index is 11.8. The van der Waals surface area contributed by atoms with Gasteiger partial charge in [-0.1, -0.05) is 12.1 Å². The van der Waals surface area contributed by atoms with Crippen molar-refractivity contribution in [2.24, 2.45) is 0 Å². The highest BCUT2D eigenvalue weighted by Gasteiger charge is 2.20. The molecule has 5 heteroatoms. The molecule has 1 atom stereocenters. The second-order valence-electron chi connectivity index (χ2n) is 4.69. The lowest BCUT2D eigenvalue weighted by Gasteiger charge is -2.16. The number of ether oxygens (including phenoxy) is 1. The van der Waals surface area contributed by atoms with Crippen LogP contribution in [-0.4, -0.2) is 30.7 Å². The smallest absolute Gasteiger partial charge is 0.237 e. The fourth-order valence-electron chi connectivity index (χ4n) is 2.24. The van der Waals surface area contributed by atoms with Crippen molar-refractivity contribution in [2.45, 2.75) is 31.8 Å². The summed E-state index contributed by atoms with van der Waals surface area (Å²) in [5.41, 5.74) is 0.733. The normalized spacial score (nSPS) is 19.6. The predicted molar refractivity (Wildman–Crippen MR) is 72.1 cm³/mol. The van der Waals surface area contributed by atoms with E-state index in [4.69, 9.17) is 4.74 Å². The fourth-order valence-corrected chi connectivity index (χ4v) is 2.24. The van der Waals surface area contributed by atoms with Crippen molar-refractivity contribution in [1.82, 2.24) is 10.6 Å². The lowest BCUT2D eigenvalue weighted by molar-refractivity contribution is -0.122. The summed E-state index contributed by atoms with van der Waals surface area (Å²) in [6.07, 6.45) is 2.88. The van der Waals surface area contributed by atoms with Crippen molar-refractivity contribution in [1.29, 1.82) is 0 Å². The number of carbonyl (C=O) groups is 1. The molecule has 0 aromatic heterocycles. The monoisotopic (exact) mass is 264 g/mol. The Labute approximate surface area is 113 Å². The minimum atomic E-state index is -0.187. The molecule has 0 bridgehead atoms. The van der Waals surface area contributed by atoms with Crippen LogP contribution in [0.4, 0.5) is 0 Å². The third kappa shape index (κ3) is 3.38. The molecule has 3 N–H and O–H groups in total. The zero-order valence-corrected chi connectivity index (χ0v) is 11.1. The lowest BCUT2D eigenvalue weighted by atomic mass is 10.1. The number of benzene rings is 1. The van der Waals surface area contributed by atoms with Crippen LogP contribution in [0.25, 0.3) is 0 Å². The largest absolute Gasteiger partial charge is 0.504 e. The molecule has 0 aliphatic carbocycles. The predicted octanol–water partition coefficient (Wildman–Crippen LogP) is 1.16. The number of aromatic hydroxyl groups is 1. The van der Waals surface area contributed by atoms with E-state index in [2.05, 4.69) is 10.6 Å². The Morgan fingerprint density at radius 2 is 2.32 bits per heavy atom. The van der Waals surface area contributed by atoms with Gasteiger partial charge in [0, 0.05) is 18.7 Å². The van der Waals surface area contributed by atoms with E-state index >= 15 is 0 Å². The van der Waals surface area contributed by atoms with Crippen LogP contribution in [0, 0.1) is 0 Å². The molecule has 2 rings (SSSR count). The molecule has 1 aliphatic rings. The highest BCUT2D eigenvalue weighted by atomic mass is 16.5. The summed E-state index contributed by atoms with van der Waals surface area (Å²) >= 11 is 0. The first-order valence-electron chi connectivity index (χ1n) is 6.58. The maximum Gasteiger partial charge on any atom is 0.237 e. The Kier molecular flexibility index (Phi) is 4.63. The number of phenolic OH excluding ortho intramolecular Hbond substituents is 1. The topological polar surface area (TPSA) is 70.6 Å². The average molecular weight is 264 g/mol. The van der Waals surface area contributed by atoms with Gasteiger partial charge in [0.15, 0.2) is 11.5 Å². The molecule has 104 valence electrons. The zero-order valence-electron chi connectivity index (χ0n) is 11.1. The first kappa shape index (κ1) is 13.7. The number of methoxy groups -OCH3 is 1. The maximum absolute atomic E-state index is 11.8. The van der Waals surface area contributed by atoms with Crippen LogP contribution in [0.2, 0.25) is 0 Å². The van der Waals surface area contributed by atoms with Crippen LogP contribution in [-0.2, 0) is 11.3 Å². The van der Waals surface area contributed by atoms with Gasteiger partial charge >= 0.3 is 0 Å². The van der Waals surface area contributed by atoms with Crippen molar-refractivity contribution in [3.63, 3.8) is 0 Å². The summed E-state index contributed by atoms with van der Waals surface area (Å²) in [7, 11) is 1.52. The van der Waals surface area contributed by atoms with Crippen LogP contribution in [0.15, 0.2) is 18.2 Å². The van der Waals surface area contributed by atoms with E-state index in [1.165, 1.54) is 7.11 Å². The third-order valence-electron chi connectivity index (χ3n) is 3.38. The quantitative estimate of drug-likeness (QED) is 0.763. The van der Waals surface area contributed by atoms with E-state index in [-0.39, 0.29) is 17.7 Å². The molecular weight excluding hydrogens is 244 g/mol. The van der Waals surface area contributed by atoms with E-state index in [1.807, 2.05) is 12.1 Å². The summed E-state index contributed by atoms with van der Waals surface area (Å²) < 4.78 is 5.06. The van der Waals surface area contributed by atoms with Gasteiger partial charge in [0.1, 0.15) is 0 Å². The molecule has 1 saturated heterocycles. The van der Waals surface area contributed by atoms with Crippen molar-refractivity contribution >= 4 is 5.91 Å². The van der Waals surface area contributed by atoms with Gasteiger partial charge in [-0.05, 0) is 25.3 Å². The molecule has 1 aromatic carbocycles. The minimum Gasteiger partial charge on any atom is -0.504 e. The molecule has 5 nitrogen and oxygen atoms in total. The number of carbonyl (C=O) groups excluding carboxylic acids is 1. The molecular formula is C14H20N2O3. The molecule has 1 heterocycles. The van der Waals surface area contributed by atoms with Crippen LogP contribution in [0.1, 0.15) is 24.8 Å². The fraction of sp³-hybridized carbons (Fsp3) is 0.500. The second kappa shape index (κ2) is 6.43. The molecule has 1 aliphatic heterocycles. The molecule has 1 fully saturated rings. The van der Waals surface area contributed by atoms with Gasteiger partial charge in [-0.25, -0.2) is 0 Å². The van der Waals surface area contributed by atoms with Crippen molar-refractivity contribution < 1.29 is 14.6 Å². The Bertz CT molecular complexity index is 448. The van der Waals surface area contributed by atoms with Crippen LogP contribution < -0.4 is 15.4 Å².